The van der Waals surface area contributed by atoms with Gasteiger partial charge in [-0.05, 0) is 74.5 Å². The van der Waals surface area contributed by atoms with Gasteiger partial charge in [0, 0.05) is 16.8 Å². The van der Waals surface area contributed by atoms with Gasteiger partial charge in [0.2, 0.25) is 0 Å². The molecule has 0 aromatic heterocycles. The summed E-state index contributed by atoms with van der Waals surface area (Å²) in [6, 6.07) is 21.4. The van der Waals surface area contributed by atoms with Crippen LogP contribution >= 0.6 is 0 Å². The Morgan fingerprint density at radius 1 is 1.11 bits per heavy atom. The molecule has 2 saturated carbocycles. The van der Waals surface area contributed by atoms with Gasteiger partial charge in [0.25, 0.3) is 0 Å². The molecule has 2 aromatic rings. The second-order valence-electron chi connectivity index (χ2n) is 10.8. The molecule has 2 fully saturated rings. The standard InChI is InChI=1S/C24H28N2.C11H14/c1-5-13-22-18(3)26(19(4)25-23(22)6-2)24(20-14-9-7-10-15-20)21-16-11-8-12-17-21;1-4-11-6-5-9(11)10(11)7-8(2)3/h7-12,14-17,24H,3,5-6,13H2,1-2,4H3;1,9-10H,2,5-7H2,3H3. The first-order chi connectivity index (χ1) is 17.9. The normalized spacial score (nSPS) is 23.8. The van der Waals surface area contributed by atoms with E-state index in [1.165, 1.54) is 40.8 Å². The molecule has 0 spiro atoms. The van der Waals surface area contributed by atoms with Gasteiger partial charge in [-0.2, -0.15) is 0 Å². The number of terminal acetylenes is 1. The van der Waals surface area contributed by atoms with E-state index < -0.39 is 0 Å². The summed E-state index contributed by atoms with van der Waals surface area (Å²) in [5, 5.41) is 0. The van der Waals surface area contributed by atoms with Gasteiger partial charge in [-0.25, -0.2) is 4.99 Å². The van der Waals surface area contributed by atoms with Gasteiger partial charge in [-0.1, -0.05) is 99.0 Å². The van der Waals surface area contributed by atoms with Crippen molar-refractivity contribution in [1.82, 2.24) is 4.90 Å². The summed E-state index contributed by atoms with van der Waals surface area (Å²) in [4.78, 5) is 7.28. The molecular weight excluding hydrogens is 448 g/mol. The zero-order valence-electron chi connectivity index (χ0n) is 23.1. The maximum absolute atomic E-state index is 5.50. The molecule has 2 aromatic carbocycles. The summed E-state index contributed by atoms with van der Waals surface area (Å²) in [7, 11) is 0. The summed E-state index contributed by atoms with van der Waals surface area (Å²) in [5.41, 5.74) is 7.73. The molecule has 0 bridgehead atoms. The molecule has 2 heteroatoms. The van der Waals surface area contributed by atoms with E-state index in [9.17, 15) is 0 Å². The molecule has 2 aliphatic carbocycles. The van der Waals surface area contributed by atoms with Crippen LogP contribution < -0.4 is 0 Å². The highest BCUT2D eigenvalue weighted by Gasteiger charge is 2.68. The lowest BCUT2D eigenvalue weighted by atomic mass is 9.85. The zero-order chi connectivity index (χ0) is 26.6. The fourth-order valence-corrected chi connectivity index (χ4v) is 6.36. The van der Waals surface area contributed by atoms with E-state index in [-0.39, 0.29) is 6.04 Å². The first kappa shape index (κ1) is 26.7. The predicted octanol–water partition coefficient (Wildman–Crippen LogP) is 9.10. The Bertz CT molecular complexity index is 1190. The smallest absolute Gasteiger partial charge is 0.107 e. The van der Waals surface area contributed by atoms with Crippen molar-refractivity contribution in [3.8, 4) is 12.3 Å². The van der Waals surface area contributed by atoms with Crippen molar-refractivity contribution in [2.75, 3.05) is 0 Å². The van der Waals surface area contributed by atoms with Crippen LogP contribution in [0.2, 0.25) is 0 Å². The highest BCUT2D eigenvalue weighted by atomic mass is 15.2. The third-order valence-corrected chi connectivity index (χ3v) is 8.36. The Hall–Kier alpha value is -3.31. The first-order valence-corrected chi connectivity index (χ1v) is 13.9. The van der Waals surface area contributed by atoms with Crippen molar-refractivity contribution >= 4 is 5.84 Å². The van der Waals surface area contributed by atoms with Gasteiger partial charge < -0.3 is 4.90 Å². The van der Waals surface area contributed by atoms with Gasteiger partial charge >= 0.3 is 0 Å². The van der Waals surface area contributed by atoms with Crippen LogP contribution in [0.15, 0.2) is 101 Å². The van der Waals surface area contributed by atoms with E-state index in [1.54, 1.807) is 0 Å². The van der Waals surface area contributed by atoms with Crippen molar-refractivity contribution in [3.63, 3.8) is 0 Å². The van der Waals surface area contributed by atoms with Crippen molar-refractivity contribution in [1.29, 1.82) is 0 Å². The van der Waals surface area contributed by atoms with Crippen LogP contribution in [0.3, 0.4) is 0 Å². The molecule has 0 N–H and O–H groups in total. The molecule has 1 heterocycles. The number of amidine groups is 1. The Kier molecular flexibility index (Phi) is 8.23. The number of allylic oxidation sites excluding steroid dienone is 3. The molecule has 3 atom stereocenters. The predicted molar refractivity (Wildman–Crippen MR) is 158 cm³/mol. The molecule has 3 unspecified atom stereocenters. The maximum Gasteiger partial charge on any atom is 0.107 e. The van der Waals surface area contributed by atoms with Gasteiger partial charge in [0.05, 0.1) is 6.04 Å². The van der Waals surface area contributed by atoms with Crippen LogP contribution in [0.25, 0.3) is 0 Å². The molecule has 37 heavy (non-hydrogen) atoms. The van der Waals surface area contributed by atoms with Crippen molar-refractivity contribution in [3.05, 3.63) is 107 Å². The average Bonchev–Trinajstić information content (AvgIpc) is 3.34. The molecule has 0 saturated heterocycles. The van der Waals surface area contributed by atoms with Gasteiger partial charge in [0.1, 0.15) is 5.84 Å². The minimum atomic E-state index is 0.0823. The van der Waals surface area contributed by atoms with Crippen LogP contribution in [0.1, 0.15) is 83.4 Å². The number of aliphatic imine (C=N–C) groups is 1. The van der Waals surface area contributed by atoms with E-state index in [4.69, 9.17) is 11.4 Å². The van der Waals surface area contributed by atoms with Crippen molar-refractivity contribution in [2.24, 2.45) is 22.2 Å². The minimum absolute atomic E-state index is 0.0823. The summed E-state index contributed by atoms with van der Waals surface area (Å²) in [6.07, 6.45) is 12.4. The fraction of sp³-hybridized carbons (Fsp3) is 0.400. The van der Waals surface area contributed by atoms with Gasteiger partial charge in [-0.15, -0.1) is 13.0 Å². The zero-order valence-corrected chi connectivity index (χ0v) is 23.1. The van der Waals surface area contributed by atoms with Crippen molar-refractivity contribution < 1.29 is 0 Å². The summed E-state index contributed by atoms with van der Waals surface area (Å²) >= 11 is 0. The number of hydrogen-bond acceptors (Lipinski definition) is 2. The van der Waals surface area contributed by atoms with E-state index in [0.717, 1.165) is 49.1 Å². The van der Waals surface area contributed by atoms with E-state index >= 15 is 0 Å². The molecule has 192 valence electrons. The molecule has 2 nitrogen and oxygen atoms in total. The monoisotopic (exact) mass is 490 g/mol. The molecule has 5 rings (SSSR count). The van der Waals surface area contributed by atoms with Crippen molar-refractivity contribution in [2.45, 2.75) is 72.3 Å². The summed E-state index contributed by atoms with van der Waals surface area (Å²) < 4.78 is 0. The molecule has 3 aliphatic rings. The van der Waals surface area contributed by atoms with Crippen LogP contribution in [-0.2, 0) is 0 Å². The third kappa shape index (κ3) is 5.24. The molecule has 0 radical (unpaired) electrons. The van der Waals surface area contributed by atoms with Crippen LogP contribution in [0.5, 0.6) is 0 Å². The maximum atomic E-state index is 5.50. The summed E-state index contributed by atoms with van der Waals surface area (Å²) in [6.45, 7) is 17.0. The fourth-order valence-electron chi connectivity index (χ4n) is 6.36. The van der Waals surface area contributed by atoms with Crippen LogP contribution in [0.4, 0.5) is 0 Å². The number of fused-ring (bicyclic) bond motifs is 1. The lowest BCUT2D eigenvalue weighted by Crippen LogP contribution is -2.36. The Morgan fingerprint density at radius 3 is 2.11 bits per heavy atom. The highest BCUT2D eigenvalue weighted by molar-refractivity contribution is 5.86. The van der Waals surface area contributed by atoms with E-state index in [1.807, 2.05) is 0 Å². The number of rotatable bonds is 8. The topological polar surface area (TPSA) is 15.6 Å². The van der Waals surface area contributed by atoms with Gasteiger partial charge in [-0.3, -0.25) is 0 Å². The van der Waals surface area contributed by atoms with Crippen LogP contribution in [0, 0.1) is 29.6 Å². The minimum Gasteiger partial charge on any atom is -0.319 e. The van der Waals surface area contributed by atoms with E-state index in [0.29, 0.717) is 5.41 Å². The number of benzene rings is 2. The Morgan fingerprint density at radius 2 is 1.70 bits per heavy atom. The van der Waals surface area contributed by atoms with Gasteiger partial charge in [0.15, 0.2) is 0 Å². The lowest BCUT2D eigenvalue weighted by Gasteiger charge is -2.39. The average molecular weight is 491 g/mol. The second-order valence-corrected chi connectivity index (χ2v) is 10.8. The SMILES string of the molecule is C#CC12CCC1C2CC(=C)C.C=C1C(CCC)=C(CC)N=C(C)N1C(c1ccccc1)c1ccccc1. The number of hydrogen-bond donors (Lipinski definition) is 0. The Balaban J connectivity index is 0.000000241. The lowest BCUT2D eigenvalue weighted by molar-refractivity contribution is 0.380. The quantitative estimate of drug-likeness (QED) is 0.266. The third-order valence-electron chi connectivity index (χ3n) is 8.36. The molecule has 0 amide bonds. The summed E-state index contributed by atoms with van der Waals surface area (Å²) in [5.74, 6) is 5.65. The highest BCUT2D eigenvalue weighted by Crippen LogP contribution is 2.73. The van der Waals surface area contributed by atoms with Crippen LogP contribution in [-0.4, -0.2) is 10.7 Å². The first-order valence-electron chi connectivity index (χ1n) is 13.9. The van der Waals surface area contributed by atoms with E-state index in [2.05, 4.69) is 112 Å². The Labute approximate surface area is 224 Å². The largest absolute Gasteiger partial charge is 0.319 e. The molecular formula is C35H42N2. The molecule has 1 aliphatic heterocycles. The second kappa shape index (κ2) is 11.4. The number of nitrogens with zero attached hydrogens (tertiary/aromatic N) is 2.